The van der Waals surface area contributed by atoms with Crippen molar-refractivity contribution in [1.82, 2.24) is 25.2 Å². The van der Waals surface area contributed by atoms with Gasteiger partial charge in [0.2, 0.25) is 0 Å². The van der Waals surface area contributed by atoms with Crippen molar-refractivity contribution in [2.45, 2.75) is 25.8 Å². The van der Waals surface area contributed by atoms with Gasteiger partial charge in [0.15, 0.2) is 0 Å². The number of urea groups is 1. The van der Waals surface area contributed by atoms with Crippen LogP contribution < -0.4 is 5.32 Å². The molecule has 1 atom stereocenters. The molecule has 116 valence electrons. The molecule has 0 spiro atoms. The number of amides is 2. The second-order valence-corrected chi connectivity index (χ2v) is 5.71. The minimum atomic E-state index is 0.0121. The Hall–Kier alpha value is -2.37. The Kier molecular flexibility index (Phi) is 4.37. The first-order valence-electron chi connectivity index (χ1n) is 7.69. The summed E-state index contributed by atoms with van der Waals surface area (Å²) in [5, 5.41) is 11.2. The third-order valence-corrected chi connectivity index (χ3v) is 4.01. The van der Waals surface area contributed by atoms with E-state index in [0.29, 0.717) is 19.0 Å². The van der Waals surface area contributed by atoms with Crippen molar-refractivity contribution in [3.8, 4) is 0 Å². The molecular formula is C16H21N5O. The van der Waals surface area contributed by atoms with Crippen LogP contribution in [0, 0.1) is 0 Å². The Balaban J connectivity index is 1.53. The zero-order valence-electron chi connectivity index (χ0n) is 12.8. The topological polar surface area (TPSA) is 63.0 Å². The minimum absolute atomic E-state index is 0.0121. The highest BCUT2D eigenvalue weighted by atomic mass is 16.2. The number of hydrogen-bond donors (Lipinski definition) is 1. The lowest BCUT2D eigenvalue weighted by atomic mass is 9.97. The molecule has 0 saturated carbocycles. The largest absolute Gasteiger partial charge is 0.336 e. The highest BCUT2D eigenvalue weighted by molar-refractivity contribution is 5.76. The van der Waals surface area contributed by atoms with Crippen LogP contribution in [0.3, 0.4) is 0 Å². The molecule has 0 radical (unpaired) electrons. The first-order valence-corrected chi connectivity index (χ1v) is 7.69. The first kappa shape index (κ1) is 14.6. The van der Waals surface area contributed by atoms with Crippen LogP contribution in [0.4, 0.5) is 4.79 Å². The van der Waals surface area contributed by atoms with Gasteiger partial charge >= 0.3 is 6.03 Å². The number of hydrogen-bond acceptors (Lipinski definition) is 3. The summed E-state index contributed by atoms with van der Waals surface area (Å²) in [5.41, 5.74) is 2.30. The smallest absolute Gasteiger partial charge is 0.317 e. The monoisotopic (exact) mass is 299 g/mol. The van der Waals surface area contributed by atoms with Gasteiger partial charge in [-0.1, -0.05) is 42.5 Å². The number of benzene rings is 1. The molecule has 3 rings (SSSR count). The van der Waals surface area contributed by atoms with Gasteiger partial charge in [-0.15, -0.1) is 5.10 Å². The Morgan fingerprint density at radius 1 is 1.27 bits per heavy atom. The van der Waals surface area contributed by atoms with Crippen LogP contribution in [-0.2, 0) is 13.0 Å². The molecule has 6 nitrogen and oxygen atoms in total. The Labute approximate surface area is 130 Å². The zero-order valence-corrected chi connectivity index (χ0v) is 12.8. The fourth-order valence-electron chi connectivity index (χ4n) is 2.70. The maximum Gasteiger partial charge on any atom is 0.317 e. The highest BCUT2D eigenvalue weighted by Crippen LogP contribution is 2.18. The van der Waals surface area contributed by atoms with Crippen LogP contribution in [0.25, 0.3) is 0 Å². The Morgan fingerprint density at radius 3 is 2.82 bits per heavy atom. The van der Waals surface area contributed by atoms with Gasteiger partial charge in [0.1, 0.15) is 0 Å². The molecule has 22 heavy (non-hydrogen) atoms. The van der Waals surface area contributed by atoms with E-state index in [2.05, 4.69) is 46.8 Å². The van der Waals surface area contributed by atoms with E-state index in [1.165, 1.54) is 5.56 Å². The molecule has 1 aromatic carbocycles. The summed E-state index contributed by atoms with van der Waals surface area (Å²) in [6, 6.07) is 10.4. The summed E-state index contributed by atoms with van der Waals surface area (Å²) in [6.07, 6.45) is 2.85. The third kappa shape index (κ3) is 3.44. The molecule has 2 aromatic rings. The molecule has 1 fully saturated rings. The van der Waals surface area contributed by atoms with Crippen molar-refractivity contribution in [1.29, 1.82) is 0 Å². The maximum atomic E-state index is 11.5. The van der Waals surface area contributed by atoms with Crippen LogP contribution in [-0.4, -0.2) is 45.6 Å². The van der Waals surface area contributed by atoms with Gasteiger partial charge < -0.3 is 10.2 Å². The van der Waals surface area contributed by atoms with Crippen molar-refractivity contribution in [3.05, 3.63) is 47.8 Å². The third-order valence-electron chi connectivity index (χ3n) is 4.01. The molecule has 2 heterocycles. The second-order valence-electron chi connectivity index (χ2n) is 5.71. The lowest BCUT2D eigenvalue weighted by Crippen LogP contribution is -2.31. The molecule has 1 unspecified atom stereocenters. The lowest BCUT2D eigenvalue weighted by Gasteiger charge is -2.13. The highest BCUT2D eigenvalue weighted by Gasteiger charge is 2.19. The lowest BCUT2D eigenvalue weighted by molar-refractivity contribution is 0.215. The molecule has 1 N–H and O–H groups in total. The fraction of sp³-hybridized carbons (Fsp3) is 0.438. The van der Waals surface area contributed by atoms with Gasteiger partial charge in [0.25, 0.3) is 0 Å². The number of rotatable bonds is 6. The fourth-order valence-corrected chi connectivity index (χ4v) is 2.70. The standard InChI is InChI=1S/C16H21N5O/c1-13(14-5-3-2-4-6-14)11-15-12-21(19-18-15)10-9-20-8-7-17-16(20)22/h2-6,12-13H,7-11H2,1H3,(H,17,22). The van der Waals surface area contributed by atoms with Crippen molar-refractivity contribution in [2.24, 2.45) is 0 Å². The van der Waals surface area contributed by atoms with Crippen molar-refractivity contribution >= 4 is 6.03 Å². The number of carbonyl (C=O) groups excluding carboxylic acids is 1. The van der Waals surface area contributed by atoms with Crippen LogP contribution in [0.1, 0.15) is 24.1 Å². The van der Waals surface area contributed by atoms with Gasteiger partial charge in [-0.3, -0.25) is 4.68 Å². The van der Waals surface area contributed by atoms with E-state index >= 15 is 0 Å². The van der Waals surface area contributed by atoms with E-state index in [9.17, 15) is 4.79 Å². The summed E-state index contributed by atoms with van der Waals surface area (Å²) >= 11 is 0. The van der Waals surface area contributed by atoms with E-state index in [0.717, 1.165) is 25.2 Å². The van der Waals surface area contributed by atoms with Crippen LogP contribution in [0.2, 0.25) is 0 Å². The Bertz CT molecular complexity index is 624. The van der Waals surface area contributed by atoms with Crippen molar-refractivity contribution < 1.29 is 4.79 Å². The molecule has 1 saturated heterocycles. The molecule has 6 heteroatoms. The van der Waals surface area contributed by atoms with E-state index in [4.69, 9.17) is 0 Å². The average molecular weight is 299 g/mol. The number of aromatic nitrogens is 3. The average Bonchev–Trinajstić information content (AvgIpc) is 3.15. The summed E-state index contributed by atoms with van der Waals surface area (Å²) in [6.45, 7) is 5.05. The predicted molar refractivity (Wildman–Crippen MR) is 83.6 cm³/mol. The van der Waals surface area contributed by atoms with Gasteiger partial charge in [-0.25, -0.2) is 4.79 Å². The molecule has 1 aromatic heterocycles. The maximum absolute atomic E-state index is 11.5. The summed E-state index contributed by atoms with van der Waals surface area (Å²) in [5.74, 6) is 0.413. The molecule has 1 aliphatic heterocycles. The molecule has 0 bridgehead atoms. The summed E-state index contributed by atoms with van der Waals surface area (Å²) in [4.78, 5) is 13.3. The number of carbonyl (C=O) groups is 1. The number of nitrogens with zero attached hydrogens (tertiary/aromatic N) is 4. The van der Waals surface area contributed by atoms with Gasteiger partial charge in [0.05, 0.1) is 12.2 Å². The van der Waals surface area contributed by atoms with E-state index in [1.54, 1.807) is 4.90 Å². The first-order chi connectivity index (χ1) is 10.7. The van der Waals surface area contributed by atoms with E-state index < -0.39 is 0 Å². The van der Waals surface area contributed by atoms with Crippen LogP contribution in [0.5, 0.6) is 0 Å². The molecule has 1 aliphatic rings. The van der Waals surface area contributed by atoms with Gasteiger partial charge in [-0.05, 0) is 17.9 Å². The minimum Gasteiger partial charge on any atom is -0.336 e. The van der Waals surface area contributed by atoms with Crippen LogP contribution >= 0.6 is 0 Å². The Morgan fingerprint density at radius 2 is 2.09 bits per heavy atom. The normalized spacial score (nSPS) is 15.9. The molecule has 0 aliphatic carbocycles. The van der Waals surface area contributed by atoms with Gasteiger partial charge in [-0.2, -0.15) is 0 Å². The van der Waals surface area contributed by atoms with E-state index in [1.807, 2.05) is 16.9 Å². The van der Waals surface area contributed by atoms with Gasteiger partial charge in [0, 0.05) is 25.8 Å². The number of nitrogens with one attached hydrogen (secondary N) is 1. The van der Waals surface area contributed by atoms with Crippen molar-refractivity contribution in [3.63, 3.8) is 0 Å². The van der Waals surface area contributed by atoms with Crippen LogP contribution in [0.15, 0.2) is 36.5 Å². The quantitative estimate of drug-likeness (QED) is 0.882. The van der Waals surface area contributed by atoms with Crippen molar-refractivity contribution in [2.75, 3.05) is 19.6 Å². The second kappa shape index (κ2) is 6.60. The SMILES string of the molecule is CC(Cc1cn(CCN2CCNC2=O)nn1)c1ccccc1. The summed E-state index contributed by atoms with van der Waals surface area (Å²) in [7, 11) is 0. The molecular weight excluding hydrogens is 278 g/mol. The zero-order chi connectivity index (χ0) is 15.4. The van der Waals surface area contributed by atoms with E-state index in [-0.39, 0.29) is 6.03 Å². The predicted octanol–water partition coefficient (Wildman–Crippen LogP) is 1.65. The molecule has 2 amide bonds. The summed E-state index contributed by atoms with van der Waals surface area (Å²) < 4.78 is 1.82.